The van der Waals surface area contributed by atoms with Gasteiger partial charge in [-0.2, -0.15) is 0 Å². The molecule has 33 heavy (non-hydrogen) atoms. The van der Waals surface area contributed by atoms with Crippen LogP contribution in [0.15, 0.2) is 52.4 Å². The molecule has 3 aromatic rings. The van der Waals surface area contributed by atoms with Crippen molar-refractivity contribution in [2.45, 2.75) is 24.3 Å². The molecular formula is C22H23N5O5S. The molecule has 2 aromatic carbocycles. The summed E-state index contributed by atoms with van der Waals surface area (Å²) in [7, 11) is 3.04. The number of carbonyl (C=O) groups is 2. The highest BCUT2D eigenvalue weighted by atomic mass is 32.2. The van der Waals surface area contributed by atoms with Crippen molar-refractivity contribution in [2.24, 2.45) is 0 Å². The van der Waals surface area contributed by atoms with Gasteiger partial charge in [0, 0.05) is 36.4 Å². The van der Waals surface area contributed by atoms with E-state index in [-0.39, 0.29) is 22.7 Å². The molecule has 11 heteroatoms. The Morgan fingerprint density at radius 2 is 1.70 bits per heavy atom. The van der Waals surface area contributed by atoms with Crippen LogP contribution < -0.4 is 25.7 Å². The molecule has 10 nitrogen and oxygen atoms in total. The molecule has 0 aliphatic carbocycles. The molecule has 2 amide bonds. The van der Waals surface area contributed by atoms with E-state index in [1.54, 1.807) is 49.4 Å². The van der Waals surface area contributed by atoms with Gasteiger partial charge in [0.05, 0.1) is 25.2 Å². The second kappa shape index (κ2) is 10.6. The third kappa shape index (κ3) is 6.10. The van der Waals surface area contributed by atoms with Crippen molar-refractivity contribution >= 4 is 35.0 Å². The number of H-pyrrole nitrogens is 1. The van der Waals surface area contributed by atoms with Gasteiger partial charge >= 0.3 is 0 Å². The van der Waals surface area contributed by atoms with Gasteiger partial charge in [-0.05, 0) is 13.0 Å². The predicted octanol–water partition coefficient (Wildman–Crippen LogP) is 2.93. The molecular weight excluding hydrogens is 446 g/mol. The smallest absolute Gasteiger partial charge is 0.278 e. The number of aromatic amines is 1. The van der Waals surface area contributed by atoms with Crippen LogP contribution in [0.1, 0.15) is 13.8 Å². The number of methoxy groups -OCH3 is 2. The first kappa shape index (κ1) is 23.8. The number of nitrogens with one attached hydrogen (secondary N) is 3. The number of anilines is 2. The number of amides is 2. The highest BCUT2D eigenvalue weighted by molar-refractivity contribution is 8.00. The summed E-state index contributed by atoms with van der Waals surface area (Å²) in [6, 6.07) is 11.8. The third-order valence-corrected chi connectivity index (χ3v) is 5.42. The van der Waals surface area contributed by atoms with Crippen LogP contribution in [0.2, 0.25) is 0 Å². The predicted molar refractivity (Wildman–Crippen MR) is 126 cm³/mol. The highest BCUT2D eigenvalue weighted by Crippen LogP contribution is 2.28. The normalized spacial score (nSPS) is 11.4. The molecule has 0 radical (unpaired) electrons. The van der Waals surface area contributed by atoms with E-state index in [1.807, 2.05) is 0 Å². The largest absolute Gasteiger partial charge is 0.497 e. The fourth-order valence-electron chi connectivity index (χ4n) is 2.88. The standard InChI is InChI=1S/C22H23N5O5S/c1-12(20(29)24-14-9-15(31-3)11-16(10-14)32-4)33-22-25-21(30)19(26-27-22)17-7-5-6-8-18(17)23-13(2)28/h5-12H,1-4H3,(H,23,28)(H,24,29)(H,25,27,30). The van der Waals surface area contributed by atoms with Crippen LogP contribution in [-0.4, -0.2) is 46.5 Å². The van der Waals surface area contributed by atoms with Gasteiger partial charge in [-0.15, -0.1) is 10.2 Å². The molecule has 1 atom stereocenters. The second-order valence-electron chi connectivity index (χ2n) is 6.89. The first-order valence-electron chi connectivity index (χ1n) is 9.85. The Balaban J connectivity index is 1.75. The Hall–Kier alpha value is -3.86. The molecule has 1 unspecified atom stereocenters. The van der Waals surface area contributed by atoms with Crippen molar-refractivity contribution in [3.63, 3.8) is 0 Å². The molecule has 3 N–H and O–H groups in total. The number of aromatic nitrogens is 3. The summed E-state index contributed by atoms with van der Waals surface area (Å²) in [6.45, 7) is 3.05. The number of thioether (sulfide) groups is 1. The molecule has 3 rings (SSSR count). The summed E-state index contributed by atoms with van der Waals surface area (Å²) >= 11 is 1.05. The number of nitrogens with zero attached hydrogens (tertiary/aromatic N) is 2. The van der Waals surface area contributed by atoms with Crippen molar-refractivity contribution < 1.29 is 19.1 Å². The van der Waals surface area contributed by atoms with Crippen LogP contribution in [0.4, 0.5) is 11.4 Å². The van der Waals surface area contributed by atoms with E-state index in [9.17, 15) is 14.4 Å². The average Bonchev–Trinajstić information content (AvgIpc) is 2.79. The minimum absolute atomic E-state index is 0.0595. The van der Waals surface area contributed by atoms with E-state index in [0.29, 0.717) is 28.4 Å². The van der Waals surface area contributed by atoms with E-state index in [4.69, 9.17) is 9.47 Å². The molecule has 0 saturated carbocycles. The van der Waals surface area contributed by atoms with Crippen LogP contribution in [0.25, 0.3) is 11.3 Å². The molecule has 0 spiro atoms. The first-order valence-corrected chi connectivity index (χ1v) is 10.7. The summed E-state index contributed by atoms with van der Waals surface area (Å²) in [5.74, 6) is 0.496. The van der Waals surface area contributed by atoms with Crippen LogP contribution in [0.3, 0.4) is 0 Å². The average molecular weight is 470 g/mol. The maximum Gasteiger partial charge on any atom is 0.278 e. The van der Waals surface area contributed by atoms with Gasteiger partial charge < -0.3 is 20.1 Å². The topological polar surface area (TPSA) is 135 Å². The van der Waals surface area contributed by atoms with Gasteiger partial charge in [0.2, 0.25) is 11.8 Å². The fourth-order valence-corrected chi connectivity index (χ4v) is 3.62. The van der Waals surface area contributed by atoms with Gasteiger partial charge in [-0.25, -0.2) is 0 Å². The van der Waals surface area contributed by atoms with E-state index < -0.39 is 10.8 Å². The van der Waals surface area contributed by atoms with Gasteiger partial charge in [0.1, 0.15) is 11.5 Å². The van der Waals surface area contributed by atoms with Gasteiger partial charge in [-0.1, -0.05) is 30.0 Å². The Labute approximate surface area is 194 Å². The summed E-state index contributed by atoms with van der Waals surface area (Å²) in [5, 5.41) is 13.1. The molecule has 0 saturated heterocycles. The Morgan fingerprint density at radius 3 is 2.30 bits per heavy atom. The number of ether oxygens (including phenoxy) is 2. The number of hydrogen-bond acceptors (Lipinski definition) is 8. The summed E-state index contributed by atoms with van der Waals surface area (Å²) in [5.41, 5.74) is 0.968. The van der Waals surface area contributed by atoms with Crippen LogP contribution >= 0.6 is 11.8 Å². The maximum atomic E-state index is 12.6. The fraction of sp³-hybridized carbons (Fsp3) is 0.227. The van der Waals surface area contributed by atoms with Crippen LogP contribution in [0.5, 0.6) is 11.5 Å². The van der Waals surface area contributed by atoms with Crippen molar-refractivity contribution in [1.29, 1.82) is 0 Å². The zero-order chi connectivity index (χ0) is 24.0. The lowest BCUT2D eigenvalue weighted by atomic mass is 10.1. The molecule has 1 heterocycles. The molecule has 0 aliphatic rings. The lowest BCUT2D eigenvalue weighted by molar-refractivity contribution is -0.115. The van der Waals surface area contributed by atoms with E-state index in [1.165, 1.54) is 21.1 Å². The number of benzene rings is 2. The van der Waals surface area contributed by atoms with Crippen LogP contribution in [-0.2, 0) is 9.59 Å². The van der Waals surface area contributed by atoms with Crippen molar-refractivity contribution in [3.8, 4) is 22.8 Å². The van der Waals surface area contributed by atoms with Gasteiger partial charge in [0.25, 0.3) is 5.56 Å². The quantitative estimate of drug-likeness (QED) is 0.429. The number of carbonyl (C=O) groups excluding carboxylic acids is 2. The molecule has 0 fully saturated rings. The summed E-state index contributed by atoms with van der Waals surface area (Å²) in [6.07, 6.45) is 0. The lowest BCUT2D eigenvalue weighted by Crippen LogP contribution is -2.24. The number of hydrogen-bond donors (Lipinski definition) is 3. The second-order valence-corrected chi connectivity index (χ2v) is 8.21. The van der Waals surface area contributed by atoms with E-state index in [0.717, 1.165) is 11.8 Å². The summed E-state index contributed by atoms with van der Waals surface area (Å²) < 4.78 is 10.4. The molecule has 0 aliphatic heterocycles. The van der Waals surface area contributed by atoms with Gasteiger partial charge in [-0.3, -0.25) is 19.4 Å². The molecule has 172 valence electrons. The van der Waals surface area contributed by atoms with Crippen molar-refractivity contribution in [2.75, 3.05) is 24.9 Å². The third-order valence-electron chi connectivity index (χ3n) is 4.45. The zero-order valence-electron chi connectivity index (χ0n) is 18.5. The lowest BCUT2D eigenvalue weighted by Gasteiger charge is -2.13. The van der Waals surface area contributed by atoms with E-state index in [2.05, 4.69) is 25.8 Å². The Morgan fingerprint density at radius 1 is 1.03 bits per heavy atom. The summed E-state index contributed by atoms with van der Waals surface area (Å²) in [4.78, 5) is 39.4. The first-order chi connectivity index (χ1) is 15.8. The highest BCUT2D eigenvalue weighted by Gasteiger charge is 2.19. The maximum absolute atomic E-state index is 12.6. The van der Waals surface area contributed by atoms with Gasteiger partial charge in [0.15, 0.2) is 10.9 Å². The SMILES string of the molecule is COc1cc(NC(=O)C(C)Sc2nnc(-c3ccccc3NC(C)=O)c(=O)[nH]2)cc(OC)c1. The Bertz CT molecular complexity index is 1210. The number of rotatable bonds is 8. The minimum Gasteiger partial charge on any atom is -0.497 e. The monoisotopic (exact) mass is 469 g/mol. The minimum atomic E-state index is -0.593. The van der Waals surface area contributed by atoms with Crippen molar-refractivity contribution in [1.82, 2.24) is 15.2 Å². The molecule has 1 aromatic heterocycles. The zero-order valence-corrected chi connectivity index (χ0v) is 19.3. The molecule has 0 bridgehead atoms. The van der Waals surface area contributed by atoms with E-state index >= 15 is 0 Å². The number of para-hydroxylation sites is 1. The van der Waals surface area contributed by atoms with Crippen molar-refractivity contribution in [3.05, 3.63) is 52.8 Å². The van der Waals surface area contributed by atoms with Crippen LogP contribution in [0, 0.1) is 0 Å². The Kier molecular flexibility index (Phi) is 7.67.